The van der Waals surface area contributed by atoms with Crippen molar-refractivity contribution in [2.45, 2.75) is 38.6 Å². The number of benzene rings is 2. The molecule has 0 aliphatic carbocycles. The monoisotopic (exact) mass is 362 g/mol. The van der Waals surface area contributed by atoms with Crippen LogP contribution in [0.1, 0.15) is 49.8 Å². The largest absolute Gasteiger partial charge is 0.366 e. The minimum atomic E-state index is -0.0872. The summed E-state index contributed by atoms with van der Waals surface area (Å²) in [5.41, 5.74) is 10.9. The normalized spacial score (nSPS) is 28.0. The van der Waals surface area contributed by atoms with Gasteiger partial charge >= 0.3 is 0 Å². The molecule has 3 atom stereocenters. The molecule has 0 aromatic heterocycles. The first-order valence-corrected chi connectivity index (χ1v) is 9.99. The van der Waals surface area contributed by atoms with Crippen molar-refractivity contribution in [2.24, 2.45) is 16.1 Å². The van der Waals surface area contributed by atoms with Gasteiger partial charge in [-0.1, -0.05) is 50.2 Å². The van der Waals surface area contributed by atoms with E-state index in [0.717, 1.165) is 25.2 Å². The number of nitrogens with two attached hydrogens (primary N) is 1. The summed E-state index contributed by atoms with van der Waals surface area (Å²) in [5, 5.41) is 3.67. The number of nitrogens with one attached hydrogen (secondary N) is 1. The van der Waals surface area contributed by atoms with Gasteiger partial charge in [-0.25, -0.2) is 0 Å². The molecule has 2 aliphatic rings. The van der Waals surface area contributed by atoms with Gasteiger partial charge in [0.15, 0.2) is 0 Å². The zero-order chi connectivity index (χ0) is 19.0. The molecule has 2 heterocycles. The van der Waals surface area contributed by atoms with Crippen LogP contribution >= 0.6 is 0 Å². The Bertz CT molecular complexity index is 859. The molecule has 1 unspecified atom stereocenters. The fraction of sp³-hybridized carbons (Fsp3) is 0.435. The van der Waals surface area contributed by atoms with E-state index in [1.54, 1.807) is 0 Å². The molecule has 2 aromatic carbocycles. The third kappa shape index (κ3) is 2.92. The van der Waals surface area contributed by atoms with Crippen molar-refractivity contribution < 1.29 is 0 Å². The number of anilines is 2. The van der Waals surface area contributed by atoms with E-state index in [0.29, 0.717) is 12.5 Å². The Hall–Kier alpha value is -2.33. The minimum Gasteiger partial charge on any atom is -0.366 e. The molecule has 0 fully saturated rings. The highest BCUT2D eigenvalue weighted by Crippen LogP contribution is 2.55. The second-order valence-electron chi connectivity index (χ2n) is 8.18. The zero-order valence-electron chi connectivity index (χ0n) is 16.6. The van der Waals surface area contributed by atoms with Crippen molar-refractivity contribution in [1.29, 1.82) is 0 Å². The molecule has 4 nitrogen and oxygen atoms in total. The average Bonchev–Trinajstić information content (AvgIpc) is 2.76. The summed E-state index contributed by atoms with van der Waals surface area (Å²) in [6.07, 6.45) is 1.97. The van der Waals surface area contributed by atoms with Crippen LogP contribution in [0.5, 0.6) is 0 Å². The van der Waals surface area contributed by atoms with Crippen LogP contribution in [0.25, 0.3) is 0 Å². The van der Waals surface area contributed by atoms with Crippen LogP contribution in [-0.4, -0.2) is 26.0 Å². The number of amidine groups is 1. The van der Waals surface area contributed by atoms with Gasteiger partial charge in [0, 0.05) is 25.0 Å². The number of fused-ring (bicyclic) bond motifs is 4. The topological polar surface area (TPSA) is 53.6 Å². The minimum absolute atomic E-state index is 0.0872. The number of rotatable bonds is 3. The predicted octanol–water partition coefficient (Wildman–Crippen LogP) is 4.55. The molecule has 2 aromatic rings. The van der Waals surface area contributed by atoms with Crippen molar-refractivity contribution in [2.75, 3.05) is 30.4 Å². The Balaban J connectivity index is 1.90. The van der Waals surface area contributed by atoms with Crippen LogP contribution in [-0.2, 0) is 0 Å². The van der Waals surface area contributed by atoms with Crippen molar-refractivity contribution in [1.82, 2.24) is 0 Å². The SMILES string of the molecule is CC1C[C@]2(C)C(=NCCCN)Nc3ccccc3[C@@H]2N(C)c2ccccc21. The van der Waals surface area contributed by atoms with Gasteiger partial charge in [0.25, 0.3) is 0 Å². The highest BCUT2D eigenvalue weighted by molar-refractivity contribution is 6.04. The number of para-hydroxylation sites is 2. The van der Waals surface area contributed by atoms with Gasteiger partial charge in [0.05, 0.1) is 11.5 Å². The number of aliphatic imine (C=N–C) groups is 1. The van der Waals surface area contributed by atoms with Crippen LogP contribution in [0.2, 0.25) is 0 Å². The van der Waals surface area contributed by atoms with Gasteiger partial charge < -0.3 is 16.0 Å². The third-order valence-corrected chi connectivity index (χ3v) is 6.25. The first kappa shape index (κ1) is 18.1. The lowest BCUT2D eigenvalue weighted by atomic mass is 9.69. The molecular weight excluding hydrogens is 332 g/mol. The molecule has 2 aliphatic heterocycles. The number of nitrogens with zero attached hydrogens (tertiary/aromatic N) is 2. The summed E-state index contributed by atoms with van der Waals surface area (Å²) in [7, 11) is 2.24. The lowest BCUT2D eigenvalue weighted by Crippen LogP contribution is -2.48. The Morgan fingerprint density at radius 1 is 1.15 bits per heavy atom. The zero-order valence-corrected chi connectivity index (χ0v) is 16.6. The summed E-state index contributed by atoms with van der Waals surface area (Å²) in [6.45, 7) is 6.17. The Labute approximate surface area is 162 Å². The van der Waals surface area contributed by atoms with E-state index in [1.807, 2.05) is 0 Å². The number of hydrogen-bond donors (Lipinski definition) is 2. The lowest BCUT2D eigenvalue weighted by Gasteiger charge is -2.47. The Morgan fingerprint density at radius 3 is 2.63 bits per heavy atom. The van der Waals surface area contributed by atoms with E-state index in [9.17, 15) is 0 Å². The fourth-order valence-electron chi connectivity index (χ4n) is 5.05. The molecular formula is C23H30N4. The van der Waals surface area contributed by atoms with Crippen molar-refractivity contribution in [3.63, 3.8) is 0 Å². The van der Waals surface area contributed by atoms with Gasteiger partial charge in [-0.3, -0.25) is 4.99 Å². The van der Waals surface area contributed by atoms with Crippen molar-refractivity contribution in [3.05, 3.63) is 59.7 Å². The third-order valence-electron chi connectivity index (χ3n) is 6.25. The van der Waals surface area contributed by atoms with E-state index in [1.165, 1.54) is 22.5 Å². The van der Waals surface area contributed by atoms with E-state index < -0.39 is 0 Å². The fourth-order valence-corrected chi connectivity index (χ4v) is 5.05. The number of hydrogen-bond acceptors (Lipinski definition) is 3. The molecule has 0 saturated heterocycles. The maximum atomic E-state index is 5.71. The van der Waals surface area contributed by atoms with E-state index >= 15 is 0 Å². The molecule has 0 saturated carbocycles. The molecule has 3 N–H and O–H groups in total. The maximum Gasteiger partial charge on any atom is 0.109 e. The van der Waals surface area contributed by atoms with E-state index in [2.05, 4.69) is 79.6 Å². The quantitative estimate of drug-likeness (QED) is 0.788. The first-order chi connectivity index (χ1) is 13.1. The van der Waals surface area contributed by atoms with Gasteiger partial charge in [-0.15, -0.1) is 0 Å². The van der Waals surface area contributed by atoms with Gasteiger partial charge in [-0.05, 0) is 48.6 Å². The first-order valence-electron chi connectivity index (χ1n) is 9.99. The molecule has 0 radical (unpaired) electrons. The summed E-state index contributed by atoms with van der Waals surface area (Å²) in [4.78, 5) is 7.47. The van der Waals surface area contributed by atoms with Gasteiger partial charge in [0.2, 0.25) is 0 Å². The van der Waals surface area contributed by atoms with Crippen LogP contribution in [0.15, 0.2) is 53.5 Å². The second-order valence-corrected chi connectivity index (χ2v) is 8.18. The predicted molar refractivity (Wildman–Crippen MR) is 115 cm³/mol. The molecule has 4 heteroatoms. The van der Waals surface area contributed by atoms with Crippen LogP contribution in [0.3, 0.4) is 0 Å². The molecule has 4 rings (SSSR count). The van der Waals surface area contributed by atoms with Gasteiger partial charge in [-0.2, -0.15) is 0 Å². The summed E-state index contributed by atoms with van der Waals surface area (Å²) in [5.74, 6) is 1.57. The summed E-state index contributed by atoms with van der Waals surface area (Å²) < 4.78 is 0. The molecule has 0 spiro atoms. The van der Waals surface area contributed by atoms with E-state index in [-0.39, 0.29) is 11.5 Å². The molecule has 0 amide bonds. The van der Waals surface area contributed by atoms with Crippen molar-refractivity contribution >= 4 is 17.2 Å². The van der Waals surface area contributed by atoms with Gasteiger partial charge in [0.1, 0.15) is 5.84 Å². The maximum absolute atomic E-state index is 5.71. The highest BCUT2D eigenvalue weighted by atomic mass is 15.2. The van der Waals surface area contributed by atoms with Crippen molar-refractivity contribution in [3.8, 4) is 0 Å². The Morgan fingerprint density at radius 2 is 1.85 bits per heavy atom. The summed E-state index contributed by atoms with van der Waals surface area (Å²) >= 11 is 0. The second kappa shape index (κ2) is 7.01. The standard InChI is InChI=1S/C23H30N4/c1-16-15-23(2)21(27(3)20-12-7-5-9-17(16)20)18-10-4-6-11-19(18)26-22(23)25-14-8-13-24/h4-7,9-12,16,21H,8,13-15,24H2,1-3H3,(H,25,26)/t16?,21-,23-/m0/s1. The van der Waals surface area contributed by atoms with E-state index in [4.69, 9.17) is 10.7 Å². The lowest BCUT2D eigenvalue weighted by molar-refractivity contribution is 0.321. The molecule has 142 valence electrons. The Kier molecular flexibility index (Phi) is 4.68. The van der Waals surface area contributed by atoms with Crippen LogP contribution < -0.4 is 16.0 Å². The van der Waals surface area contributed by atoms with Crippen LogP contribution in [0.4, 0.5) is 11.4 Å². The summed E-state index contributed by atoms with van der Waals surface area (Å²) in [6, 6.07) is 17.8. The molecule has 0 bridgehead atoms. The van der Waals surface area contributed by atoms with Crippen LogP contribution in [0, 0.1) is 5.41 Å². The average molecular weight is 363 g/mol. The highest BCUT2D eigenvalue weighted by Gasteiger charge is 2.49. The smallest absolute Gasteiger partial charge is 0.109 e. The molecule has 27 heavy (non-hydrogen) atoms.